The molecule has 0 saturated heterocycles. The average molecular weight is 234 g/mol. The zero-order chi connectivity index (χ0) is 12.7. The van der Waals surface area contributed by atoms with Crippen molar-refractivity contribution in [1.82, 2.24) is 5.32 Å². The van der Waals surface area contributed by atoms with E-state index in [2.05, 4.69) is 31.3 Å². The number of benzene rings is 1. The van der Waals surface area contributed by atoms with Crippen molar-refractivity contribution in [3.8, 4) is 0 Å². The summed E-state index contributed by atoms with van der Waals surface area (Å²) in [6.45, 7) is 4.82. The predicted octanol–water partition coefficient (Wildman–Crippen LogP) is 1.72. The molecule has 0 radical (unpaired) electrons. The van der Waals surface area contributed by atoms with Crippen molar-refractivity contribution in [2.45, 2.75) is 32.7 Å². The molecule has 3 heteroatoms. The zero-order valence-corrected chi connectivity index (χ0v) is 10.6. The molecule has 3 N–H and O–H groups in total. The summed E-state index contributed by atoms with van der Waals surface area (Å²) in [5, 5.41) is 2.85. The molecule has 0 bridgehead atoms. The highest BCUT2D eigenvalue weighted by Crippen LogP contribution is 2.04. The normalized spacial score (nSPS) is 12.5. The van der Waals surface area contributed by atoms with Gasteiger partial charge in [-0.15, -0.1) is 0 Å². The van der Waals surface area contributed by atoms with Crippen molar-refractivity contribution in [3.63, 3.8) is 0 Å². The molecule has 0 fully saturated rings. The Bertz CT molecular complexity index is 335. The van der Waals surface area contributed by atoms with Crippen molar-refractivity contribution in [2.24, 2.45) is 11.7 Å². The summed E-state index contributed by atoms with van der Waals surface area (Å²) >= 11 is 0. The van der Waals surface area contributed by atoms with Gasteiger partial charge in [0.1, 0.15) is 0 Å². The third-order valence-electron chi connectivity index (χ3n) is 2.61. The van der Waals surface area contributed by atoms with Gasteiger partial charge in [0.25, 0.3) is 0 Å². The van der Waals surface area contributed by atoms with Crippen molar-refractivity contribution < 1.29 is 4.79 Å². The predicted molar refractivity (Wildman–Crippen MR) is 70.6 cm³/mol. The van der Waals surface area contributed by atoms with Crippen LogP contribution >= 0.6 is 0 Å². The van der Waals surface area contributed by atoms with Gasteiger partial charge in [0.15, 0.2) is 0 Å². The summed E-state index contributed by atoms with van der Waals surface area (Å²) in [7, 11) is 0. The smallest absolute Gasteiger partial charge is 0.236 e. The van der Waals surface area contributed by atoms with Gasteiger partial charge in [-0.1, -0.05) is 44.2 Å². The quantitative estimate of drug-likeness (QED) is 0.787. The number of hydrogen-bond acceptors (Lipinski definition) is 2. The van der Waals surface area contributed by atoms with E-state index in [0.29, 0.717) is 18.9 Å². The van der Waals surface area contributed by atoms with E-state index >= 15 is 0 Å². The second-order valence-corrected chi connectivity index (χ2v) is 4.77. The van der Waals surface area contributed by atoms with Crippen molar-refractivity contribution in [1.29, 1.82) is 0 Å². The fourth-order valence-electron chi connectivity index (χ4n) is 1.53. The van der Waals surface area contributed by atoms with Gasteiger partial charge in [0.2, 0.25) is 5.91 Å². The molecule has 0 heterocycles. The third kappa shape index (κ3) is 5.50. The SMILES string of the molecule is CC(C)CNC(=O)C(N)CCc1ccccc1. The van der Waals surface area contributed by atoms with Gasteiger partial charge in [-0.05, 0) is 24.3 Å². The fourth-order valence-corrected chi connectivity index (χ4v) is 1.53. The Kier molecular flexibility index (Phi) is 5.70. The summed E-state index contributed by atoms with van der Waals surface area (Å²) in [5.74, 6) is 0.412. The molecule has 3 nitrogen and oxygen atoms in total. The minimum Gasteiger partial charge on any atom is -0.354 e. The number of nitrogens with one attached hydrogen (secondary N) is 1. The van der Waals surface area contributed by atoms with Crippen LogP contribution in [0.3, 0.4) is 0 Å². The van der Waals surface area contributed by atoms with Crippen LogP contribution in [0.4, 0.5) is 0 Å². The zero-order valence-electron chi connectivity index (χ0n) is 10.6. The van der Waals surface area contributed by atoms with Crippen molar-refractivity contribution >= 4 is 5.91 Å². The number of hydrogen-bond donors (Lipinski definition) is 2. The first-order valence-corrected chi connectivity index (χ1v) is 6.17. The first-order chi connectivity index (χ1) is 8.09. The van der Waals surface area contributed by atoms with Crippen LogP contribution in [0, 0.1) is 5.92 Å². The minimum absolute atomic E-state index is 0.0466. The topological polar surface area (TPSA) is 55.1 Å². The molecular weight excluding hydrogens is 212 g/mol. The van der Waals surface area contributed by atoms with E-state index in [1.54, 1.807) is 0 Å². The van der Waals surface area contributed by atoms with E-state index < -0.39 is 6.04 Å². The Morgan fingerprint density at radius 1 is 1.29 bits per heavy atom. The molecule has 1 atom stereocenters. The van der Waals surface area contributed by atoms with E-state index in [1.165, 1.54) is 5.56 Å². The lowest BCUT2D eigenvalue weighted by atomic mass is 10.1. The first-order valence-electron chi connectivity index (χ1n) is 6.17. The van der Waals surface area contributed by atoms with E-state index in [4.69, 9.17) is 5.73 Å². The standard InChI is InChI=1S/C14H22N2O/c1-11(2)10-16-14(17)13(15)9-8-12-6-4-3-5-7-12/h3-7,11,13H,8-10,15H2,1-2H3,(H,16,17). The van der Waals surface area contributed by atoms with Crippen LogP contribution in [0.2, 0.25) is 0 Å². The molecule has 1 aromatic rings. The molecule has 0 aliphatic rings. The molecule has 1 amide bonds. The van der Waals surface area contributed by atoms with Crippen LogP contribution in [0.1, 0.15) is 25.8 Å². The molecule has 0 aromatic heterocycles. The van der Waals surface area contributed by atoms with Crippen LogP contribution in [0.5, 0.6) is 0 Å². The van der Waals surface area contributed by atoms with Crippen LogP contribution < -0.4 is 11.1 Å². The number of nitrogens with two attached hydrogens (primary N) is 1. The van der Waals surface area contributed by atoms with Gasteiger partial charge in [0.05, 0.1) is 6.04 Å². The molecule has 0 spiro atoms. The minimum atomic E-state index is -0.408. The van der Waals surface area contributed by atoms with Gasteiger partial charge in [-0.2, -0.15) is 0 Å². The summed E-state index contributed by atoms with van der Waals surface area (Å²) < 4.78 is 0. The van der Waals surface area contributed by atoms with Gasteiger partial charge < -0.3 is 11.1 Å². The molecular formula is C14H22N2O. The van der Waals surface area contributed by atoms with Crippen molar-refractivity contribution in [3.05, 3.63) is 35.9 Å². The second kappa shape index (κ2) is 7.07. The molecule has 1 rings (SSSR count). The lowest BCUT2D eigenvalue weighted by Gasteiger charge is -2.13. The number of rotatable bonds is 6. The first kappa shape index (κ1) is 13.7. The molecule has 1 aromatic carbocycles. The third-order valence-corrected chi connectivity index (χ3v) is 2.61. The van der Waals surface area contributed by atoms with E-state index in [9.17, 15) is 4.79 Å². The number of carbonyl (C=O) groups is 1. The maximum atomic E-state index is 11.6. The summed E-state index contributed by atoms with van der Waals surface area (Å²) in [4.78, 5) is 11.6. The average Bonchev–Trinajstić information content (AvgIpc) is 2.34. The molecule has 0 aliphatic carbocycles. The molecule has 0 aliphatic heterocycles. The highest BCUT2D eigenvalue weighted by Gasteiger charge is 2.12. The summed E-state index contributed by atoms with van der Waals surface area (Å²) in [5.41, 5.74) is 7.06. The maximum absolute atomic E-state index is 11.6. The maximum Gasteiger partial charge on any atom is 0.236 e. The Morgan fingerprint density at radius 2 is 1.94 bits per heavy atom. The Morgan fingerprint density at radius 3 is 2.53 bits per heavy atom. The van der Waals surface area contributed by atoms with Crippen LogP contribution in [-0.4, -0.2) is 18.5 Å². The summed E-state index contributed by atoms with van der Waals surface area (Å²) in [6, 6.07) is 9.68. The van der Waals surface area contributed by atoms with Crippen LogP contribution in [0.15, 0.2) is 30.3 Å². The van der Waals surface area contributed by atoms with Crippen LogP contribution in [0.25, 0.3) is 0 Å². The van der Waals surface area contributed by atoms with E-state index in [-0.39, 0.29) is 5.91 Å². The van der Waals surface area contributed by atoms with E-state index in [1.807, 2.05) is 18.2 Å². The van der Waals surface area contributed by atoms with Gasteiger partial charge in [-0.3, -0.25) is 4.79 Å². The van der Waals surface area contributed by atoms with Crippen molar-refractivity contribution in [2.75, 3.05) is 6.54 Å². The van der Waals surface area contributed by atoms with Gasteiger partial charge >= 0.3 is 0 Å². The molecule has 0 saturated carbocycles. The fraction of sp³-hybridized carbons (Fsp3) is 0.500. The molecule has 1 unspecified atom stereocenters. The number of amides is 1. The van der Waals surface area contributed by atoms with Gasteiger partial charge in [0, 0.05) is 6.54 Å². The monoisotopic (exact) mass is 234 g/mol. The number of carbonyl (C=O) groups excluding carboxylic acids is 1. The lowest BCUT2D eigenvalue weighted by molar-refractivity contribution is -0.122. The molecule has 17 heavy (non-hydrogen) atoms. The lowest BCUT2D eigenvalue weighted by Crippen LogP contribution is -2.42. The van der Waals surface area contributed by atoms with Crippen LogP contribution in [-0.2, 0) is 11.2 Å². The van der Waals surface area contributed by atoms with E-state index in [0.717, 1.165) is 6.42 Å². The summed E-state index contributed by atoms with van der Waals surface area (Å²) in [6.07, 6.45) is 1.53. The Balaban J connectivity index is 2.29. The second-order valence-electron chi connectivity index (χ2n) is 4.77. The van der Waals surface area contributed by atoms with Gasteiger partial charge in [-0.25, -0.2) is 0 Å². The highest BCUT2D eigenvalue weighted by molar-refractivity contribution is 5.81. The Labute approximate surface area is 103 Å². The largest absolute Gasteiger partial charge is 0.354 e. The molecule has 94 valence electrons. The Hall–Kier alpha value is -1.35. The number of aryl methyl sites for hydroxylation is 1. The highest BCUT2D eigenvalue weighted by atomic mass is 16.2.